The largest absolute Gasteiger partial charge is 0.480 e. The van der Waals surface area contributed by atoms with Crippen molar-refractivity contribution in [3.8, 4) is 0 Å². The molecule has 1 atom stereocenters. The number of pyridine rings is 1. The maximum atomic E-state index is 11.3. The lowest BCUT2D eigenvalue weighted by Gasteiger charge is -2.08. The third-order valence-corrected chi connectivity index (χ3v) is 2.08. The fourth-order valence-electron chi connectivity index (χ4n) is 1.16. The molecule has 16 heavy (non-hydrogen) atoms. The summed E-state index contributed by atoms with van der Waals surface area (Å²) in [4.78, 5) is 25.9. The molecule has 0 spiro atoms. The Balaban J connectivity index is 2.33. The second kappa shape index (κ2) is 5.85. The van der Waals surface area contributed by atoms with Crippen molar-refractivity contribution in [1.29, 1.82) is 0 Å². The molecule has 0 saturated heterocycles. The van der Waals surface area contributed by atoms with Crippen molar-refractivity contribution >= 4 is 11.9 Å². The summed E-state index contributed by atoms with van der Waals surface area (Å²) in [5, 5.41) is 11.0. The fraction of sp³-hybridized carbons (Fsp3) is 0.364. The molecule has 0 aromatic carbocycles. The summed E-state index contributed by atoms with van der Waals surface area (Å²) in [6.45, 7) is 1.43. The van der Waals surface area contributed by atoms with Gasteiger partial charge in [0, 0.05) is 18.3 Å². The third-order valence-electron chi connectivity index (χ3n) is 2.08. The number of aliphatic carboxylic acids is 1. The molecule has 1 aromatic rings. The Morgan fingerprint density at radius 3 is 2.81 bits per heavy atom. The van der Waals surface area contributed by atoms with Gasteiger partial charge < -0.3 is 10.4 Å². The van der Waals surface area contributed by atoms with Crippen LogP contribution in [0.1, 0.15) is 19.0 Å². The number of carbonyl (C=O) groups excluding carboxylic acids is 1. The van der Waals surface area contributed by atoms with E-state index in [0.717, 1.165) is 5.69 Å². The summed E-state index contributed by atoms with van der Waals surface area (Å²) < 4.78 is 0. The molecule has 0 saturated carbocycles. The molecule has 1 rings (SSSR count). The Morgan fingerprint density at radius 1 is 1.50 bits per heavy atom. The Labute approximate surface area is 93.5 Å². The zero-order valence-electron chi connectivity index (χ0n) is 9.01. The Hall–Kier alpha value is -1.91. The van der Waals surface area contributed by atoms with Crippen molar-refractivity contribution in [3.63, 3.8) is 0 Å². The Kier molecular flexibility index (Phi) is 4.44. The maximum Gasteiger partial charge on any atom is 0.325 e. The minimum atomic E-state index is -1.04. The maximum absolute atomic E-state index is 11.3. The van der Waals surface area contributed by atoms with Crippen LogP contribution in [0.2, 0.25) is 0 Å². The lowest BCUT2D eigenvalue weighted by Crippen LogP contribution is -2.38. The summed E-state index contributed by atoms with van der Waals surface area (Å²) in [7, 11) is 0. The molecule has 5 heteroatoms. The van der Waals surface area contributed by atoms with Crippen LogP contribution in [-0.2, 0) is 16.0 Å². The van der Waals surface area contributed by atoms with Gasteiger partial charge in [-0.05, 0) is 25.5 Å². The van der Waals surface area contributed by atoms with Gasteiger partial charge in [-0.15, -0.1) is 0 Å². The van der Waals surface area contributed by atoms with Gasteiger partial charge in [-0.3, -0.25) is 14.6 Å². The summed E-state index contributed by atoms with van der Waals surface area (Å²) in [6, 6.07) is 4.63. The fourth-order valence-corrected chi connectivity index (χ4v) is 1.16. The molecule has 1 aromatic heterocycles. The highest BCUT2D eigenvalue weighted by Gasteiger charge is 2.13. The van der Waals surface area contributed by atoms with Crippen LogP contribution in [0.5, 0.6) is 0 Å². The van der Waals surface area contributed by atoms with Crippen molar-refractivity contribution in [2.75, 3.05) is 0 Å². The Bertz CT molecular complexity index is 365. The molecule has 0 aliphatic heterocycles. The SMILES string of the molecule is C[C@H](NC(=O)CCc1ccccn1)C(=O)O. The number of hydrogen-bond donors (Lipinski definition) is 2. The molecular weight excluding hydrogens is 208 g/mol. The van der Waals surface area contributed by atoms with Gasteiger partial charge >= 0.3 is 5.97 Å². The van der Waals surface area contributed by atoms with Gasteiger partial charge in [0.15, 0.2) is 0 Å². The molecule has 0 aliphatic rings. The number of aryl methyl sites for hydroxylation is 1. The molecule has 0 aliphatic carbocycles. The van der Waals surface area contributed by atoms with Crippen molar-refractivity contribution in [2.24, 2.45) is 0 Å². The van der Waals surface area contributed by atoms with E-state index in [2.05, 4.69) is 10.3 Å². The van der Waals surface area contributed by atoms with E-state index < -0.39 is 12.0 Å². The first-order chi connectivity index (χ1) is 7.59. The van der Waals surface area contributed by atoms with Gasteiger partial charge in [0.1, 0.15) is 6.04 Å². The van der Waals surface area contributed by atoms with Gasteiger partial charge in [-0.25, -0.2) is 0 Å². The standard InChI is InChI=1S/C11H14N2O3/c1-8(11(15)16)13-10(14)6-5-9-4-2-3-7-12-9/h2-4,7-8H,5-6H2,1H3,(H,13,14)(H,15,16)/t8-/m0/s1. The lowest BCUT2D eigenvalue weighted by molar-refractivity contribution is -0.141. The molecule has 0 radical (unpaired) electrons. The molecule has 1 heterocycles. The first-order valence-corrected chi connectivity index (χ1v) is 5.01. The summed E-state index contributed by atoms with van der Waals surface area (Å²) >= 11 is 0. The Morgan fingerprint density at radius 2 is 2.25 bits per heavy atom. The lowest BCUT2D eigenvalue weighted by atomic mass is 10.2. The zero-order valence-corrected chi connectivity index (χ0v) is 9.01. The van der Waals surface area contributed by atoms with Crippen LogP contribution in [0.3, 0.4) is 0 Å². The predicted molar refractivity (Wildman–Crippen MR) is 57.8 cm³/mol. The second-order valence-corrected chi connectivity index (χ2v) is 3.45. The number of carboxylic acid groups (broad SMARTS) is 1. The number of nitrogens with one attached hydrogen (secondary N) is 1. The van der Waals surface area contributed by atoms with Crippen molar-refractivity contribution in [3.05, 3.63) is 30.1 Å². The van der Waals surface area contributed by atoms with Gasteiger partial charge in [0.05, 0.1) is 0 Å². The molecule has 2 N–H and O–H groups in total. The smallest absolute Gasteiger partial charge is 0.325 e. The van der Waals surface area contributed by atoms with Crippen molar-refractivity contribution in [2.45, 2.75) is 25.8 Å². The van der Waals surface area contributed by atoms with Crippen molar-refractivity contribution < 1.29 is 14.7 Å². The third kappa shape index (κ3) is 4.08. The average Bonchev–Trinajstić information content (AvgIpc) is 2.27. The molecule has 0 bridgehead atoms. The first-order valence-electron chi connectivity index (χ1n) is 5.01. The van der Waals surface area contributed by atoms with E-state index in [1.807, 2.05) is 12.1 Å². The molecule has 5 nitrogen and oxygen atoms in total. The quantitative estimate of drug-likeness (QED) is 0.764. The topological polar surface area (TPSA) is 79.3 Å². The van der Waals surface area contributed by atoms with E-state index in [1.54, 1.807) is 12.3 Å². The molecule has 1 amide bonds. The van der Waals surface area contributed by atoms with E-state index in [4.69, 9.17) is 5.11 Å². The number of rotatable bonds is 5. The van der Waals surface area contributed by atoms with E-state index in [0.29, 0.717) is 6.42 Å². The van der Waals surface area contributed by atoms with Crippen LogP contribution in [-0.4, -0.2) is 28.0 Å². The summed E-state index contributed by atoms with van der Waals surface area (Å²) in [6.07, 6.45) is 2.42. The van der Waals surface area contributed by atoms with Crippen LogP contribution >= 0.6 is 0 Å². The van der Waals surface area contributed by atoms with Crippen LogP contribution in [0.25, 0.3) is 0 Å². The highest BCUT2D eigenvalue weighted by atomic mass is 16.4. The number of hydrogen-bond acceptors (Lipinski definition) is 3. The van der Waals surface area contributed by atoms with Crippen LogP contribution in [0.15, 0.2) is 24.4 Å². The normalized spacial score (nSPS) is 11.8. The number of aromatic nitrogens is 1. The highest BCUT2D eigenvalue weighted by Crippen LogP contribution is 1.98. The van der Waals surface area contributed by atoms with Gasteiger partial charge in [0.25, 0.3) is 0 Å². The average molecular weight is 222 g/mol. The summed E-state index contributed by atoms with van der Waals surface area (Å²) in [5.74, 6) is -1.31. The zero-order chi connectivity index (χ0) is 12.0. The number of carbonyl (C=O) groups is 2. The minimum absolute atomic E-state index is 0.245. The number of nitrogens with zero attached hydrogens (tertiary/aromatic N) is 1. The van der Waals surface area contributed by atoms with E-state index in [9.17, 15) is 9.59 Å². The van der Waals surface area contributed by atoms with Crippen LogP contribution in [0.4, 0.5) is 0 Å². The molecule has 0 fully saturated rings. The molecular formula is C11H14N2O3. The van der Waals surface area contributed by atoms with Crippen LogP contribution < -0.4 is 5.32 Å². The monoisotopic (exact) mass is 222 g/mol. The van der Waals surface area contributed by atoms with E-state index in [-0.39, 0.29) is 12.3 Å². The van der Waals surface area contributed by atoms with Gasteiger partial charge in [0.2, 0.25) is 5.91 Å². The first kappa shape index (κ1) is 12.2. The molecule has 0 unspecified atom stereocenters. The minimum Gasteiger partial charge on any atom is -0.480 e. The van der Waals surface area contributed by atoms with Gasteiger partial charge in [-0.2, -0.15) is 0 Å². The van der Waals surface area contributed by atoms with E-state index >= 15 is 0 Å². The highest BCUT2D eigenvalue weighted by molar-refractivity contribution is 5.83. The number of carboxylic acids is 1. The second-order valence-electron chi connectivity index (χ2n) is 3.45. The van der Waals surface area contributed by atoms with Gasteiger partial charge in [-0.1, -0.05) is 6.07 Å². The summed E-state index contributed by atoms with van der Waals surface area (Å²) in [5.41, 5.74) is 0.820. The van der Waals surface area contributed by atoms with Crippen molar-refractivity contribution in [1.82, 2.24) is 10.3 Å². The van der Waals surface area contributed by atoms with E-state index in [1.165, 1.54) is 6.92 Å². The predicted octanol–water partition coefficient (Wildman–Crippen LogP) is 0.603. The number of amides is 1. The van der Waals surface area contributed by atoms with Crippen LogP contribution in [0, 0.1) is 0 Å². The molecule has 86 valence electrons.